The van der Waals surface area contributed by atoms with Crippen LogP contribution in [0.1, 0.15) is 25.5 Å². The number of nitrogens with one attached hydrogen (secondary N) is 1. The predicted octanol–water partition coefficient (Wildman–Crippen LogP) is 2.35. The van der Waals surface area contributed by atoms with Gasteiger partial charge in [-0.1, -0.05) is 19.4 Å². The van der Waals surface area contributed by atoms with E-state index in [1.54, 1.807) is 6.07 Å². The highest BCUT2D eigenvalue weighted by Gasteiger charge is 1.91. The molecule has 0 bridgehead atoms. The SMILES string of the molecule is [CH]c1cccc(NCCCC)n1. The van der Waals surface area contributed by atoms with Gasteiger partial charge < -0.3 is 5.32 Å². The summed E-state index contributed by atoms with van der Waals surface area (Å²) < 4.78 is 0. The predicted molar refractivity (Wildman–Crippen MR) is 51.0 cm³/mol. The summed E-state index contributed by atoms with van der Waals surface area (Å²) in [5, 5.41) is 3.20. The van der Waals surface area contributed by atoms with Gasteiger partial charge in [-0.05, 0) is 18.6 Å². The van der Waals surface area contributed by atoms with Gasteiger partial charge in [-0.25, -0.2) is 4.98 Å². The van der Waals surface area contributed by atoms with Crippen LogP contribution in [0.15, 0.2) is 18.2 Å². The Hall–Kier alpha value is -1.05. The van der Waals surface area contributed by atoms with Crippen molar-refractivity contribution < 1.29 is 0 Å². The maximum atomic E-state index is 5.51. The van der Waals surface area contributed by atoms with Crippen LogP contribution in [-0.4, -0.2) is 11.5 Å². The summed E-state index contributed by atoms with van der Waals surface area (Å²) in [6, 6.07) is 5.60. The second-order valence-electron chi connectivity index (χ2n) is 2.73. The maximum absolute atomic E-state index is 5.51. The first-order chi connectivity index (χ1) is 5.83. The minimum Gasteiger partial charge on any atom is -0.370 e. The topological polar surface area (TPSA) is 24.9 Å². The molecule has 0 amide bonds. The Balaban J connectivity index is 2.41. The fourth-order valence-electron chi connectivity index (χ4n) is 0.943. The number of pyridine rings is 1. The van der Waals surface area contributed by atoms with Crippen LogP contribution < -0.4 is 5.32 Å². The zero-order valence-electron chi connectivity index (χ0n) is 7.38. The number of unbranched alkanes of at least 4 members (excludes halogenated alkanes) is 1. The second kappa shape index (κ2) is 4.75. The summed E-state index contributed by atoms with van der Waals surface area (Å²) in [6.07, 6.45) is 2.35. The van der Waals surface area contributed by atoms with E-state index < -0.39 is 0 Å². The third-order valence-corrected chi connectivity index (χ3v) is 1.61. The minimum absolute atomic E-state index is 0.566. The number of hydrogen-bond donors (Lipinski definition) is 1. The first-order valence-electron chi connectivity index (χ1n) is 4.29. The Morgan fingerprint density at radius 1 is 1.50 bits per heavy atom. The van der Waals surface area contributed by atoms with Crippen LogP contribution in [-0.2, 0) is 0 Å². The largest absolute Gasteiger partial charge is 0.370 e. The van der Waals surface area contributed by atoms with Gasteiger partial charge in [-0.3, -0.25) is 0 Å². The molecule has 1 aromatic rings. The Bertz CT molecular complexity index is 233. The lowest BCUT2D eigenvalue weighted by atomic mass is 10.3. The number of anilines is 1. The lowest BCUT2D eigenvalue weighted by Gasteiger charge is -2.03. The number of hydrogen-bond acceptors (Lipinski definition) is 2. The minimum atomic E-state index is 0.566. The fraction of sp³-hybridized carbons (Fsp3) is 0.400. The van der Waals surface area contributed by atoms with E-state index in [2.05, 4.69) is 17.2 Å². The van der Waals surface area contributed by atoms with Crippen molar-refractivity contribution in [3.63, 3.8) is 0 Å². The Labute approximate surface area is 74.0 Å². The molecule has 2 radical (unpaired) electrons. The molecule has 1 rings (SSSR count). The number of nitrogens with zero attached hydrogens (tertiary/aromatic N) is 1. The molecule has 0 spiro atoms. The molecule has 0 aromatic carbocycles. The second-order valence-corrected chi connectivity index (χ2v) is 2.73. The van der Waals surface area contributed by atoms with Crippen LogP contribution in [0.3, 0.4) is 0 Å². The van der Waals surface area contributed by atoms with Crippen molar-refractivity contribution in [2.75, 3.05) is 11.9 Å². The molecule has 1 heterocycles. The highest BCUT2D eigenvalue weighted by molar-refractivity contribution is 5.35. The van der Waals surface area contributed by atoms with E-state index in [9.17, 15) is 0 Å². The summed E-state index contributed by atoms with van der Waals surface area (Å²) in [4.78, 5) is 4.11. The van der Waals surface area contributed by atoms with Gasteiger partial charge in [0.25, 0.3) is 0 Å². The van der Waals surface area contributed by atoms with Gasteiger partial charge in [0.1, 0.15) is 5.82 Å². The van der Waals surface area contributed by atoms with Crippen molar-refractivity contribution in [1.82, 2.24) is 4.98 Å². The zero-order chi connectivity index (χ0) is 8.81. The first-order valence-corrected chi connectivity index (χ1v) is 4.29. The van der Waals surface area contributed by atoms with E-state index >= 15 is 0 Å². The lowest BCUT2D eigenvalue weighted by molar-refractivity contribution is 0.831. The molecule has 2 nitrogen and oxygen atoms in total. The van der Waals surface area contributed by atoms with Gasteiger partial charge >= 0.3 is 0 Å². The number of aromatic nitrogens is 1. The molecule has 0 aliphatic heterocycles. The van der Waals surface area contributed by atoms with Crippen molar-refractivity contribution >= 4 is 5.82 Å². The van der Waals surface area contributed by atoms with E-state index in [0.717, 1.165) is 18.8 Å². The molecule has 1 N–H and O–H groups in total. The van der Waals surface area contributed by atoms with Crippen molar-refractivity contribution in [2.45, 2.75) is 19.8 Å². The standard InChI is InChI=1S/C10H14N2/c1-3-4-8-11-10-7-5-6-9(2)12-10/h2,5-7H,3-4,8H2,1H3,(H,11,12). The molecule has 0 fully saturated rings. The third kappa shape index (κ3) is 2.91. The molecule has 0 saturated heterocycles. The van der Waals surface area contributed by atoms with Crippen LogP contribution in [0.5, 0.6) is 0 Å². The maximum Gasteiger partial charge on any atom is 0.126 e. The Kier molecular flexibility index (Phi) is 3.58. The molecule has 0 unspecified atom stereocenters. The van der Waals surface area contributed by atoms with Crippen LogP contribution >= 0.6 is 0 Å². The van der Waals surface area contributed by atoms with Crippen LogP contribution in [0, 0.1) is 6.92 Å². The van der Waals surface area contributed by atoms with Crippen LogP contribution in [0.25, 0.3) is 0 Å². The third-order valence-electron chi connectivity index (χ3n) is 1.61. The molecule has 64 valence electrons. The highest BCUT2D eigenvalue weighted by Crippen LogP contribution is 2.03. The quantitative estimate of drug-likeness (QED) is 0.687. The average Bonchev–Trinajstić information content (AvgIpc) is 2.05. The Morgan fingerprint density at radius 3 is 3.00 bits per heavy atom. The first kappa shape index (κ1) is 9.04. The molecule has 0 aliphatic rings. The summed E-state index contributed by atoms with van der Waals surface area (Å²) in [5.74, 6) is 0.864. The monoisotopic (exact) mass is 162 g/mol. The van der Waals surface area contributed by atoms with E-state index in [1.807, 2.05) is 12.1 Å². The van der Waals surface area contributed by atoms with Gasteiger partial charge in [0.2, 0.25) is 0 Å². The van der Waals surface area contributed by atoms with E-state index in [4.69, 9.17) is 6.92 Å². The van der Waals surface area contributed by atoms with Crippen molar-refractivity contribution in [1.29, 1.82) is 0 Å². The fourth-order valence-corrected chi connectivity index (χ4v) is 0.943. The summed E-state index contributed by atoms with van der Waals surface area (Å²) in [7, 11) is 0. The molecule has 0 aliphatic carbocycles. The molecule has 0 saturated carbocycles. The molecule has 2 heteroatoms. The van der Waals surface area contributed by atoms with Gasteiger partial charge in [0, 0.05) is 19.2 Å². The van der Waals surface area contributed by atoms with Crippen LogP contribution in [0.2, 0.25) is 0 Å². The van der Waals surface area contributed by atoms with Gasteiger partial charge in [0.05, 0.1) is 0 Å². The van der Waals surface area contributed by atoms with E-state index in [0.29, 0.717) is 5.69 Å². The van der Waals surface area contributed by atoms with Gasteiger partial charge in [0.15, 0.2) is 0 Å². The smallest absolute Gasteiger partial charge is 0.126 e. The molecule has 0 atom stereocenters. The average molecular weight is 162 g/mol. The van der Waals surface area contributed by atoms with E-state index in [-0.39, 0.29) is 0 Å². The zero-order valence-corrected chi connectivity index (χ0v) is 7.38. The van der Waals surface area contributed by atoms with Crippen molar-refractivity contribution in [3.05, 3.63) is 30.8 Å². The lowest BCUT2D eigenvalue weighted by Crippen LogP contribution is -2.02. The van der Waals surface area contributed by atoms with E-state index in [1.165, 1.54) is 6.42 Å². The normalized spacial score (nSPS) is 9.83. The summed E-state index contributed by atoms with van der Waals surface area (Å²) in [6.45, 7) is 8.64. The van der Waals surface area contributed by atoms with Gasteiger partial charge in [-0.15, -0.1) is 0 Å². The van der Waals surface area contributed by atoms with Crippen molar-refractivity contribution in [2.24, 2.45) is 0 Å². The Morgan fingerprint density at radius 2 is 2.33 bits per heavy atom. The summed E-state index contributed by atoms with van der Waals surface area (Å²) >= 11 is 0. The molecular weight excluding hydrogens is 148 g/mol. The molecule has 1 aromatic heterocycles. The molecule has 12 heavy (non-hydrogen) atoms. The number of rotatable bonds is 4. The molecular formula is C10H14N2. The van der Waals surface area contributed by atoms with Crippen LogP contribution in [0.4, 0.5) is 5.82 Å². The van der Waals surface area contributed by atoms with Gasteiger partial charge in [-0.2, -0.15) is 0 Å². The van der Waals surface area contributed by atoms with Crippen molar-refractivity contribution in [3.8, 4) is 0 Å². The highest BCUT2D eigenvalue weighted by atomic mass is 15.0. The summed E-state index contributed by atoms with van der Waals surface area (Å²) in [5.41, 5.74) is 0.566.